The molecule has 1 aliphatic heterocycles. The van der Waals surface area contributed by atoms with Gasteiger partial charge in [0.1, 0.15) is 11.6 Å². The minimum Gasteiger partial charge on any atom is -0.458 e. The average molecular weight is 213 g/mol. The molecule has 1 aliphatic rings. The summed E-state index contributed by atoms with van der Waals surface area (Å²) in [5.41, 5.74) is 0.617. The van der Waals surface area contributed by atoms with Crippen molar-refractivity contribution in [3.63, 3.8) is 0 Å². The number of esters is 1. The third-order valence-electron chi connectivity index (χ3n) is 2.08. The highest BCUT2D eigenvalue weighted by Crippen LogP contribution is 2.18. The van der Waals surface area contributed by atoms with E-state index in [0.29, 0.717) is 12.8 Å². The number of aliphatic hydroxyl groups is 1. The van der Waals surface area contributed by atoms with Gasteiger partial charge in [0.25, 0.3) is 0 Å². The van der Waals surface area contributed by atoms with Crippen LogP contribution in [0.5, 0.6) is 0 Å². The zero-order valence-corrected chi connectivity index (χ0v) is 9.54. The van der Waals surface area contributed by atoms with Gasteiger partial charge in [-0.25, -0.2) is 4.79 Å². The van der Waals surface area contributed by atoms with Crippen molar-refractivity contribution in [3.05, 3.63) is 11.8 Å². The van der Waals surface area contributed by atoms with E-state index >= 15 is 0 Å². The number of hydrogen-bond acceptors (Lipinski definition) is 4. The van der Waals surface area contributed by atoms with Crippen molar-refractivity contribution >= 4 is 5.97 Å². The molecular formula is C11H19NO3. The largest absolute Gasteiger partial charge is 0.458 e. The van der Waals surface area contributed by atoms with Gasteiger partial charge in [-0.05, 0) is 39.0 Å². The lowest BCUT2D eigenvalue weighted by Crippen LogP contribution is -2.36. The van der Waals surface area contributed by atoms with Crippen molar-refractivity contribution < 1.29 is 14.6 Å². The van der Waals surface area contributed by atoms with E-state index in [1.54, 1.807) is 6.20 Å². The fraction of sp³-hybridized carbons (Fsp3) is 0.727. The lowest BCUT2D eigenvalue weighted by atomic mass is 10.1. The number of aliphatic hydroxyl groups excluding tert-OH is 1. The molecule has 2 N–H and O–H groups in total. The predicted octanol–water partition coefficient (Wildman–Crippen LogP) is 0.956. The van der Waals surface area contributed by atoms with E-state index in [4.69, 9.17) is 9.84 Å². The lowest BCUT2D eigenvalue weighted by molar-refractivity contribution is -0.156. The van der Waals surface area contributed by atoms with Crippen LogP contribution in [0, 0.1) is 0 Å². The van der Waals surface area contributed by atoms with Crippen LogP contribution in [-0.2, 0) is 9.53 Å². The summed E-state index contributed by atoms with van der Waals surface area (Å²) < 4.78 is 5.25. The molecule has 4 nitrogen and oxygen atoms in total. The third kappa shape index (κ3) is 3.91. The molecule has 0 amide bonds. The van der Waals surface area contributed by atoms with E-state index in [1.165, 1.54) is 0 Å². The molecule has 1 heterocycles. The highest BCUT2D eigenvalue weighted by molar-refractivity contribution is 5.77. The molecule has 0 aromatic rings. The van der Waals surface area contributed by atoms with E-state index in [2.05, 4.69) is 5.32 Å². The van der Waals surface area contributed by atoms with Crippen molar-refractivity contribution in [2.75, 3.05) is 6.61 Å². The van der Waals surface area contributed by atoms with E-state index in [9.17, 15) is 4.79 Å². The Morgan fingerprint density at radius 3 is 2.87 bits per heavy atom. The molecule has 0 aromatic carbocycles. The maximum absolute atomic E-state index is 11.6. The van der Waals surface area contributed by atoms with E-state index in [-0.39, 0.29) is 18.6 Å². The summed E-state index contributed by atoms with van der Waals surface area (Å²) in [4.78, 5) is 11.6. The van der Waals surface area contributed by atoms with Gasteiger partial charge in [0.2, 0.25) is 0 Å². The Labute approximate surface area is 90.3 Å². The van der Waals surface area contributed by atoms with Crippen molar-refractivity contribution in [2.24, 2.45) is 0 Å². The smallest absolute Gasteiger partial charge is 0.329 e. The first-order valence-corrected chi connectivity index (χ1v) is 5.20. The molecule has 0 spiro atoms. The third-order valence-corrected chi connectivity index (χ3v) is 2.08. The number of nitrogens with one attached hydrogen (secondary N) is 1. The van der Waals surface area contributed by atoms with Crippen LogP contribution < -0.4 is 5.32 Å². The van der Waals surface area contributed by atoms with Gasteiger partial charge in [0.15, 0.2) is 0 Å². The van der Waals surface area contributed by atoms with Crippen LogP contribution in [0.4, 0.5) is 0 Å². The molecule has 1 rings (SSSR count). The Kier molecular flexibility index (Phi) is 3.74. The minimum atomic E-state index is -0.446. The number of rotatable bonds is 3. The van der Waals surface area contributed by atoms with Crippen LogP contribution in [0.2, 0.25) is 0 Å². The van der Waals surface area contributed by atoms with Crippen LogP contribution in [-0.4, -0.2) is 29.3 Å². The summed E-state index contributed by atoms with van der Waals surface area (Å²) >= 11 is 0. The standard InChI is InChI=1S/C11H19NO3/c1-11(2,3)15-10(14)9-6-8(4-5-13)7-12-9/h7,9,12-13H,4-6H2,1-3H3/t9-/m0/s1. The van der Waals surface area contributed by atoms with Crippen LogP contribution >= 0.6 is 0 Å². The SMILES string of the molecule is CC(C)(C)OC(=O)[C@@H]1CC(CCO)=CN1. The molecule has 0 aliphatic carbocycles. The Morgan fingerprint density at radius 1 is 1.67 bits per heavy atom. The van der Waals surface area contributed by atoms with Gasteiger partial charge in [-0.3, -0.25) is 0 Å². The maximum atomic E-state index is 11.6. The summed E-state index contributed by atoms with van der Waals surface area (Å²) in [6, 6.07) is -0.286. The van der Waals surface area contributed by atoms with E-state index in [0.717, 1.165) is 5.57 Å². The van der Waals surface area contributed by atoms with Gasteiger partial charge in [-0.15, -0.1) is 0 Å². The van der Waals surface area contributed by atoms with Crippen LogP contribution in [0.15, 0.2) is 11.8 Å². The van der Waals surface area contributed by atoms with Crippen molar-refractivity contribution in [1.82, 2.24) is 5.32 Å². The minimum absolute atomic E-state index is 0.120. The molecule has 0 aromatic heterocycles. The van der Waals surface area contributed by atoms with Crippen molar-refractivity contribution in [2.45, 2.75) is 45.3 Å². The summed E-state index contributed by atoms with van der Waals surface area (Å²) in [7, 11) is 0. The van der Waals surface area contributed by atoms with Gasteiger partial charge in [0.05, 0.1) is 0 Å². The molecule has 1 atom stereocenters. The summed E-state index contributed by atoms with van der Waals surface area (Å²) in [5.74, 6) is -0.230. The molecule has 0 bridgehead atoms. The lowest BCUT2D eigenvalue weighted by Gasteiger charge is -2.22. The normalized spacial score (nSPS) is 20.8. The molecule has 0 saturated carbocycles. The topological polar surface area (TPSA) is 58.6 Å². The van der Waals surface area contributed by atoms with Gasteiger partial charge in [-0.1, -0.05) is 0 Å². The zero-order chi connectivity index (χ0) is 11.5. The molecule has 15 heavy (non-hydrogen) atoms. The zero-order valence-electron chi connectivity index (χ0n) is 9.54. The molecule has 4 heteroatoms. The Bertz CT molecular complexity index is 265. The highest BCUT2D eigenvalue weighted by Gasteiger charge is 2.27. The first kappa shape index (κ1) is 12.0. The second-order valence-corrected chi connectivity index (χ2v) is 4.73. The summed E-state index contributed by atoms with van der Waals surface area (Å²) in [6.45, 7) is 5.67. The Morgan fingerprint density at radius 2 is 2.33 bits per heavy atom. The fourth-order valence-electron chi connectivity index (χ4n) is 1.44. The molecule has 0 unspecified atom stereocenters. The quantitative estimate of drug-likeness (QED) is 0.685. The molecular weight excluding hydrogens is 194 g/mol. The van der Waals surface area contributed by atoms with Crippen LogP contribution in [0.3, 0.4) is 0 Å². The molecule has 0 saturated heterocycles. The van der Waals surface area contributed by atoms with Crippen molar-refractivity contribution in [3.8, 4) is 0 Å². The Balaban J connectivity index is 2.40. The monoisotopic (exact) mass is 213 g/mol. The van der Waals surface area contributed by atoms with Crippen LogP contribution in [0.1, 0.15) is 33.6 Å². The van der Waals surface area contributed by atoms with E-state index < -0.39 is 5.60 Å². The first-order valence-electron chi connectivity index (χ1n) is 5.20. The average Bonchev–Trinajstić information content (AvgIpc) is 2.50. The van der Waals surface area contributed by atoms with Gasteiger partial charge >= 0.3 is 5.97 Å². The molecule has 86 valence electrons. The van der Waals surface area contributed by atoms with Gasteiger partial charge in [0, 0.05) is 13.0 Å². The Hall–Kier alpha value is -1.03. The number of ether oxygens (including phenoxy) is 1. The van der Waals surface area contributed by atoms with Crippen LogP contribution in [0.25, 0.3) is 0 Å². The van der Waals surface area contributed by atoms with Gasteiger partial charge < -0.3 is 15.2 Å². The second kappa shape index (κ2) is 4.66. The molecule has 0 fully saturated rings. The van der Waals surface area contributed by atoms with Gasteiger partial charge in [-0.2, -0.15) is 0 Å². The number of carbonyl (C=O) groups excluding carboxylic acids is 1. The second-order valence-electron chi connectivity index (χ2n) is 4.73. The summed E-state index contributed by atoms with van der Waals surface area (Å²) in [5, 5.41) is 11.7. The maximum Gasteiger partial charge on any atom is 0.329 e. The number of carbonyl (C=O) groups is 1. The van der Waals surface area contributed by atoms with E-state index in [1.807, 2.05) is 20.8 Å². The number of hydrogen-bond donors (Lipinski definition) is 2. The fourth-order valence-corrected chi connectivity index (χ4v) is 1.44. The first-order chi connectivity index (χ1) is 6.92. The van der Waals surface area contributed by atoms with Crippen molar-refractivity contribution in [1.29, 1.82) is 0 Å². The summed E-state index contributed by atoms with van der Waals surface area (Å²) in [6.07, 6.45) is 3.05. The highest BCUT2D eigenvalue weighted by atomic mass is 16.6. The molecule has 0 radical (unpaired) electrons. The predicted molar refractivity (Wildman–Crippen MR) is 57.2 cm³/mol.